The summed E-state index contributed by atoms with van der Waals surface area (Å²) in [4.78, 5) is 8.08. The number of rotatable bonds is 5. The van der Waals surface area contributed by atoms with E-state index in [0.29, 0.717) is 6.04 Å². The summed E-state index contributed by atoms with van der Waals surface area (Å²) in [6.45, 7) is 7.39. The summed E-state index contributed by atoms with van der Waals surface area (Å²) >= 11 is 0. The quantitative estimate of drug-likeness (QED) is 0.801. The molecule has 0 aliphatic heterocycles. The third-order valence-corrected chi connectivity index (χ3v) is 2.15. The molecule has 0 atom stereocenters. The lowest BCUT2D eigenvalue weighted by atomic mass is 10.1. The lowest BCUT2D eigenvalue weighted by molar-refractivity contribution is 0.617. The van der Waals surface area contributed by atoms with E-state index in [0.717, 1.165) is 18.7 Å². The van der Waals surface area contributed by atoms with E-state index in [9.17, 15) is 0 Å². The van der Waals surface area contributed by atoms with Crippen LogP contribution in [0, 0.1) is 0 Å². The van der Waals surface area contributed by atoms with Crippen LogP contribution in [0.1, 0.15) is 32.9 Å². The average Bonchev–Trinajstić information content (AvgIpc) is 2.25. The SMILES string of the molecule is CCC(=Cc1ccncn1)CNC(C)C. The van der Waals surface area contributed by atoms with E-state index in [2.05, 4.69) is 42.1 Å². The van der Waals surface area contributed by atoms with Crippen LogP contribution in [0.2, 0.25) is 0 Å². The molecule has 0 saturated heterocycles. The highest BCUT2D eigenvalue weighted by Crippen LogP contribution is 2.05. The summed E-state index contributed by atoms with van der Waals surface area (Å²) in [5.74, 6) is 0. The Morgan fingerprint density at radius 3 is 2.87 bits per heavy atom. The van der Waals surface area contributed by atoms with Crippen molar-refractivity contribution in [2.75, 3.05) is 6.54 Å². The molecule has 0 radical (unpaired) electrons. The molecule has 1 aromatic rings. The molecule has 0 aliphatic rings. The van der Waals surface area contributed by atoms with Crippen molar-refractivity contribution in [2.45, 2.75) is 33.2 Å². The van der Waals surface area contributed by atoms with Crippen LogP contribution in [-0.2, 0) is 0 Å². The molecule has 1 N–H and O–H groups in total. The molecule has 1 aromatic heterocycles. The Morgan fingerprint density at radius 1 is 1.53 bits per heavy atom. The van der Waals surface area contributed by atoms with Gasteiger partial charge in [-0.1, -0.05) is 26.3 Å². The largest absolute Gasteiger partial charge is 0.311 e. The molecule has 0 amide bonds. The molecule has 0 spiro atoms. The first-order valence-corrected chi connectivity index (χ1v) is 5.41. The molecule has 15 heavy (non-hydrogen) atoms. The third kappa shape index (κ3) is 4.70. The summed E-state index contributed by atoms with van der Waals surface area (Å²) in [6.07, 6.45) is 6.51. The second-order valence-corrected chi connectivity index (χ2v) is 3.83. The zero-order chi connectivity index (χ0) is 11.1. The minimum atomic E-state index is 0.519. The maximum atomic E-state index is 4.18. The maximum Gasteiger partial charge on any atom is 0.115 e. The van der Waals surface area contributed by atoms with Crippen molar-refractivity contribution in [1.82, 2.24) is 15.3 Å². The van der Waals surface area contributed by atoms with E-state index in [-0.39, 0.29) is 0 Å². The standard InChI is InChI=1S/C12H19N3/c1-4-11(8-14-10(2)3)7-12-5-6-13-9-15-12/h5-7,9-10,14H,4,8H2,1-3H3. The molecular formula is C12H19N3. The van der Waals surface area contributed by atoms with E-state index >= 15 is 0 Å². The first-order chi connectivity index (χ1) is 7.22. The Labute approximate surface area is 91.7 Å². The fraction of sp³-hybridized carbons (Fsp3) is 0.500. The second-order valence-electron chi connectivity index (χ2n) is 3.83. The Bertz CT molecular complexity index is 304. The summed E-state index contributed by atoms with van der Waals surface area (Å²) < 4.78 is 0. The van der Waals surface area contributed by atoms with Gasteiger partial charge in [0.1, 0.15) is 6.33 Å². The molecule has 0 aromatic carbocycles. The Balaban J connectivity index is 2.62. The molecule has 0 fully saturated rings. The predicted octanol–water partition coefficient (Wildman–Crippen LogP) is 2.27. The highest BCUT2D eigenvalue weighted by Gasteiger charge is 1.97. The predicted molar refractivity (Wildman–Crippen MR) is 63.4 cm³/mol. The van der Waals surface area contributed by atoms with Gasteiger partial charge in [0.05, 0.1) is 5.69 Å². The van der Waals surface area contributed by atoms with Crippen molar-refractivity contribution >= 4 is 6.08 Å². The van der Waals surface area contributed by atoms with Gasteiger partial charge in [0, 0.05) is 18.8 Å². The van der Waals surface area contributed by atoms with Crippen LogP contribution in [0.5, 0.6) is 0 Å². The second kappa shape index (κ2) is 6.30. The number of nitrogens with one attached hydrogen (secondary N) is 1. The van der Waals surface area contributed by atoms with Gasteiger partial charge >= 0.3 is 0 Å². The van der Waals surface area contributed by atoms with Gasteiger partial charge in [0.25, 0.3) is 0 Å². The Morgan fingerprint density at radius 2 is 2.33 bits per heavy atom. The minimum absolute atomic E-state index is 0.519. The zero-order valence-corrected chi connectivity index (χ0v) is 9.70. The highest BCUT2D eigenvalue weighted by atomic mass is 14.9. The van der Waals surface area contributed by atoms with Gasteiger partial charge in [0.2, 0.25) is 0 Å². The lowest BCUT2D eigenvalue weighted by Crippen LogP contribution is -2.24. The van der Waals surface area contributed by atoms with E-state index in [1.54, 1.807) is 12.5 Å². The molecule has 0 aliphatic carbocycles. The third-order valence-electron chi connectivity index (χ3n) is 2.15. The van der Waals surface area contributed by atoms with Gasteiger partial charge < -0.3 is 5.32 Å². The number of hydrogen-bond acceptors (Lipinski definition) is 3. The van der Waals surface area contributed by atoms with Gasteiger partial charge in [-0.25, -0.2) is 9.97 Å². The van der Waals surface area contributed by atoms with E-state index in [1.165, 1.54) is 5.57 Å². The van der Waals surface area contributed by atoms with Crippen LogP contribution in [0.25, 0.3) is 6.08 Å². The minimum Gasteiger partial charge on any atom is -0.311 e. The number of nitrogens with zero attached hydrogens (tertiary/aromatic N) is 2. The van der Waals surface area contributed by atoms with E-state index in [1.807, 2.05) is 6.07 Å². The molecule has 0 bridgehead atoms. The van der Waals surface area contributed by atoms with E-state index in [4.69, 9.17) is 0 Å². The highest BCUT2D eigenvalue weighted by molar-refractivity contribution is 5.48. The first-order valence-electron chi connectivity index (χ1n) is 5.41. The van der Waals surface area contributed by atoms with Crippen LogP contribution >= 0.6 is 0 Å². The van der Waals surface area contributed by atoms with Gasteiger partial charge in [-0.3, -0.25) is 0 Å². The van der Waals surface area contributed by atoms with Gasteiger partial charge in [-0.2, -0.15) is 0 Å². The monoisotopic (exact) mass is 205 g/mol. The molecule has 0 saturated carbocycles. The van der Waals surface area contributed by atoms with Crippen LogP contribution in [0.3, 0.4) is 0 Å². The zero-order valence-electron chi connectivity index (χ0n) is 9.70. The number of hydrogen-bond donors (Lipinski definition) is 1. The topological polar surface area (TPSA) is 37.8 Å². The molecule has 0 unspecified atom stereocenters. The smallest absolute Gasteiger partial charge is 0.115 e. The van der Waals surface area contributed by atoms with Crippen molar-refractivity contribution < 1.29 is 0 Å². The summed E-state index contributed by atoms with van der Waals surface area (Å²) in [5.41, 5.74) is 2.34. The van der Waals surface area contributed by atoms with Crippen molar-refractivity contribution in [3.8, 4) is 0 Å². The summed E-state index contributed by atoms with van der Waals surface area (Å²) in [7, 11) is 0. The summed E-state index contributed by atoms with van der Waals surface area (Å²) in [5, 5.41) is 3.41. The fourth-order valence-electron chi connectivity index (χ4n) is 1.21. The van der Waals surface area contributed by atoms with Gasteiger partial charge in [0.15, 0.2) is 0 Å². The van der Waals surface area contributed by atoms with Crippen LogP contribution < -0.4 is 5.32 Å². The molecule has 3 heteroatoms. The van der Waals surface area contributed by atoms with Crippen LogP contribution in [-0.4, -0.2) is 22.6 Å². The fourth-order valence-corrected chi connectivity index (χ4v) is 1.21. The van der Waals surface area contributed by atoms with Crippen molar-refractivity contribution in [2.24, 2.45) is 0 Å². The van der Waals surface area contributed by atoms with Crippen molar-refractivity contribution in [1.29, 1.82) is 0 Å². The average molecular weight is 205 g/mol. The molecule has 3 nitrogen and oxygen atoms in total. The lowest BCUT2D eigenvalue weighted by Gasteiger charge is -2.09. The van der Waals surface area contributed by atoms with Crippen molar-refractivity contribution in [3.05, 3.63) is 29.9 Å². The first kappa shape index (κ1) is 11.9. The van der Waals surface area contributed by atoms with Gasteiger partial charge in [-0.05, 0) is 18.6 Å². The number of aromatic nitrogens is 2. The van der Waals surface area contributed by atoms with E-state index < -0.39 is 0 Å². The maximum absolute atomic E-state index is 4.18. The molecule has 82 valence electrons. The molecular weight excluding hydrogens is 186 g/mol. The van der Waals surface area contributed by atoms with Crippen molar-refractivity contribution in [3.63, 3.8) is 0 Å². The normalized spacial score (nSPS) is 12.1. The molecule has 1 heterocycles. The van der Waals surface area contributed by atoms with Crippen LogP contribution in [0.4, 0.5) is 0 Å². The van der Waals surface area contributed by atoms with Crippen LogP contribution in [0.15, 0.2) is 24.2 Å². The Kier molecular flexibility index (Phi) is 4.98. The molecule has 1 rings (SSSR count). The van der Waals surface area contributed by atoms with Gasteiger partial charge in [-0.15, -0.1) is 0 Å². The Hall–Kier alpha value is -1.22. The summed E-state index contributed by atoms with van der Waals surface area (Å²) in [6, 6.07) is 2.44.